The van der Waals surface area contributed by atoms with Gasteiger partial charge in [0.05, 0.1) is 5.25 Å². The third-order valence-corrected chi connectivity index (χ3v) is 5.46. The van der Waals surface area contributed by atoms with Crippen molar-refractivity contribution >= 4 is 10.8 Å². The average molecular weight is 301 g/mol. The lowest BCUT2D eigenvalue weighted by atomic mass is 10.0. The Morgan fingerprint density at radius 1 is 1.10 bits per heavy atom. The molecule has 0 aliphatic carbocycles. The summed E-state index contributed by atoms with van der Waals surface area (Å²) in [6, 6.07) is 18.6. The predicted octanol–water partition coefficient (Wildman–Crippen LogP) is 3.59. The lowest BCUT2D eigenvalue weighted by Crippen LogP contribution is -2.31. The Hall–Kier alpha value is -1.45. The van der Waals surface area contributed by atoms with Crippen LogP contribution < -0.4 is 5.32 Å². The molecule has 0 fully saturated rings. The fraction of sp³-hybridized carbons (Fsp3) is 0.333. The highest BCUT2D eigenvalue weighted by molar-refractivity contribution is 7.84. The number of nitrogens with one attached hydrogen (secondary N) is 1. The first-order valence-corrected chi connectivity index (χ1v) is 8.65. The van der Waals surface area contributed by atoms with E-state index in [-0.39, 0.29) is 11.3 Å². The summed E-state index contributed by atoms with van der Waals surface area (Å²) in [4.78, 5) is 0. The van der Waals surface area contributed by atoms with Crippen molar-refractivity contribution in [2.75, 3.05) is 7.05 Å². The normalized spacial score (nSPS) is 15.4. The molecule has 0 aliphatic rings. The van der Waals surface area contributed by atoms with Crippen LogP contribution in [0, 0.1) is 6.92 Å². The van der Waals surface area contributed by atoms with E-state index in [0.29, 0.717) is 5.75 Å². The van der Waals surface area contributed by atoms with Crippen molar-refractivity contribution < 1.29 is 4.21 Å². The molecule has 0 spiro atoms. The van der Waals surface area contributed by atoms with Gasteiger partial charge in [0.15, 0.2) is 0 Å². The minimum absolute atomic E-state index is 0.0536. The minimum atomic E-state index is -0.917. The maximum Gasteiger partial charge on any atom is 0.0518 e. The number of rotatable bonds is 6. The second-order valence-electron chi connectivity index (χ2n) is 5.40. The highest BCUT2D eigenvalue weighted by atomic mass is 32.2. The predicted molar refractivity (Wildman–Crippen MR) is 90.7 cm³/mol. The van der Waals surface area contributed by atoms with Crippen LogP contribution in [0.1, 0.15) is 29.7 Å². The van der Waals surface area contributed by atoms with E-state index >= 15 is 0 Å². The van der Waals surface area contributed by atoms with Crippen molar-refractivity contribution in [3.8, 4) is 0 Å². The van der Waals surface area contributed by atoms with E-state index in [1.807, 2.05) is 31.3 Å². The van der Waals surface area contributed by atoms with Crippen LogP contribution in [0.5, 0.6) is 0 Å². The van der Waals surface area contributed by atoms with Crippen LogP contribution >= 0.6 is 0 Å². The van der Waals surface area contributed by atoms with Crippen molar-refractivity contribution in [1.29, 1.82) is 0 Å². The van der Waals surface area contributed by atoms with Gasteiger partial charge in [-0.1, -0.05) is 60.2 Å². The van der Waals surface area contributed by atoms with Crippen molar-refractivity contribution in [3.63, 3.8) is 0 Å². The summed E-state index contributed by atoms with van der Waals surface area (Å²) in [6.45, 7) is 4.12. The summed E-state index contributed by atoms with van der Waals surface area (Å²) in [5, 5.41) is 3.36. The summed E-state index contributed by atoms with van der Waals surface area (Å²) >= 11 is 0. The third kappa shape index (κ3) is 4.26. The van der Waals surface area contributed by atoms with Gasteiger partial charge in [-0.2, -0.15) is 0 Å². The van der Waals surface area contributed by atoms with Gasteiger partial charge in [0.2, 0.25) is 0 Å². The zero-order chi connectivity index (χ0) is 15.2. The van der Waals surface area contributed by atoms with Gasteiger partial charge in [0.1, 0.15) is 0 Å². The monoisotopic (exact) mass is 301 g/mol. The molecule has 2 aromatic carbocycles. The lowest BCUT2D eigenvalue weighted by Gasteiger charge is -2.23. The summed E-state index contributed by atoms with van der Waals surface area (Å²) in [5.41, 5.74) is 3.54. The largest absolute Gasteiger partial charge is 0.312 e. The molecule has 0 amide bonds. The summed E-state index contributed by atoms with van der Waals surface area (Å²) in [6.07, 6.45) is 0. The van der Waals surface area contributed by atoms with Gasteiger partial charge in [-0.3, -0.25) is 4.21 Å². The Morgan fingerprint density at radius 2 is 1.81 bits per heavy atom. The van der Waals surface area contributed by atoms with Gasteiger partial charge < -0.3 is 5.32 Å². The molecule has 0 heterocycles. The Morgan fingerprint density at radius 3 is 2.43 bits per heavy atom. The van der Waals surface area contributed by atoms with E-state index in [1.54, 1.807) is 0 Å². The Bertz CT molecular complexity index is 597. The maximum atomic E-state index is 12.7. The molecule has 2 nitrogen and oxygen atoms in total. The molecule has 2 rings (SSSR count). The topological polar surface area (TPSA) is 29.1 Å². The highest BCUT2D eigenvalue weighted by Gasteiger charge is 2.22. The fourth-order valence-corrected chi connectivity index (χ4v) is 3.95. The minimum Gasteiger partial charge on any atom is -0.312 e. The molecule has 3 heteroatoms. The van der Waals surface area contributed by atoms with Gasteiger partial charge in [0, 0.05) is 22.6 Å². The second kappa shape index (κ2) is 7.53. The lowest BCUT2D eigenvalue weighted by molar-refractivity contribution is 0.569. The molecule has 0 aromatic heterocycles. The van der Waals surface area contributed by atoms with E-state index in [4.69, 9.17) is 0 Å². The molecule has 0 saturated heterocycles. The Balaban J connectivity index is 2.10. The number of benzene rings is 2. The number of hydrogen-bond donors (Lipinski definition) is 1. The third-order valence-electron chi connectivity index (χ3n) is 3.75. The van der Waals surface area contributed by atoms with E-state index in [9.17, 15) is 4.21 Å². The van der Waals surface area contributed by atoms with Crippen LogP contribution in [0.3, 0.4) is 0 Å². The quantitative estimate of drug-likeness (QED) is 0.883. The Kier molecular flexibility index (Phi) is 5.71. The molecular formula is C18H23NOS. The molecule has 1 N–H and O–H groups in total. The van der Waals surface area contributed by atoms with E-state index < -0.39 is 10.8 Å². The van der Waals surface area contributed by atoms with Gasteiger partial charge in [-0.05, 0) is 32.0 Å². The molecule has 0 aliphatic heterocycles. The maximum absolute atomic E-state index is 12.7. The second-order valence-corrected chi connectivity index (χ2v) is 7.19. The molecule has 3 atom stereocenters. The van der Waals surface area contributed by atoms with Crippen LogP contribution in [0.25, 0.3) is 0 Å². The molecule has 21 heavy (non-hydrogen) atoms. The molecule has 0 radical (unpaired) electrons. The van der Waals surface area contributed by atoms with E-state index in [2.05, 4.69) is 49.5 Å². The van der Waals surface area contributed by atoms with Crippen molar-refractivity contribution in [3.05, 3.63) is 71.3 Å². The first-order valence-electron chi connectivity index (χ1n) is 7.26. The fourth-order valence-electron chi connectivity index (χ4n) is 2.58. The first kappa shape index (κ1) is 15.9. The van der Waals surface area contributed by atoms with Crippen LogP contribution in [0.15, 0.2) is 54.6 Å². The smallest absolute Gasteiger partial charge is 0.0518 e. The van der Waals surface area contributed by atoms with Gasteiger partial charge in [-0.15, -0.1) is 0 Å². The molecule has 112 valence electrons. The van der Waals surface area contributed by atoms with Crippen LogP contribution in [0.2, 0.25) is 0 Å². The van der Waals surface area contributed by atoms with Crippen molar-refractivity contribution in [2.45, 2.75) is 30.9 Å². The molecule has 3 unspecified atom stereocenters. The van der Waals surface area contributed by atoms with Gasteiger partial charge in [0.25, 0.3) is 0 Å². The van der Waals surface area contributed by atoms with E-state index in [1.165, 1.54) is 11.1 Å². The zero-order valence-corrected chi connectivity index (χ0v) is 13.7. The van der Waals surface area contributed by atoms with E-state index in [0.717, 1.165) is 5.56 Å². The van der Waals surface area contributed by atoms with Crippen molar-refractivity contribution in [1.82, 2.24) is 5.32 Å². The van der Waals surface area contributed by atoms with Crippen molar-refractivity contribution in [2.24, 2.45) is 0 Å². The van der Waals surface area contributed by atoms with Gasteiger partial charge in [-0.25, -0.2) is 0 Å². The standard InChI is InChI=1S/C18H23NOS/c1-14-8-7-9-16(12-14)13-21(20)15(2)18(19-3)17-10-5-4-6-11-17/h4-12,15,18-19H,13H2,1-3H3. The highest BCUT2D eigenvalue weighted by Crippen LogP contribution is 2.22. The summed E-state index contributed by atoms with van der Waals surface area (Å²) < 4.78 is 12.7. The number of aryl methyl sites for hydroxylation is 1. The molecular weight excluding hydrogens is 278 g/mol. The summed E-state index contributed by atoms with van der Waals surface area (Å²) in [5.74, 6) is 0.605. The van der Waals surface area contributed by atoms with Crippen LogP contribution in [-0.4, -0.2) is 16.5 Å². The molecule has 0 bridgehead atoms. The molecule has 2 aromatic rings. The zero-order valence-electron chi connectivity index (χ0n) is 12.9. The summed E-state index contributed by atoms with van der Waals surface area (Å²) in [7, 11) is 1.01. The molecule has 0 saturated carbocycles. The van der Waals surface area contributed by atoms with Crippen LogP contribution in [-0.2, 0) is 16.6 Å². The average Bonchev–Trinajstić information content (AvgIpc) is 2.49. The SMILES string of the molecule is CNC(c1ccccc1)C(C)S(=O)Cc1cccc(C)c1. The van der Waals surface area contributed by atoms with Crippen LogP contribution in [0.4, 0.5) is 0 Å². The first-order chi connectivity index (χ1) is 10.1. The number of hydrogen-bond acceptors (Lipinski definition) is 2. The van der Waals surface area contributed by atoms with Gasteiger partial charge >= 0.3 is 0 Å². The Labute approximate surface area is 130 Å².